The third-order valence-electron chi connectivity index (χ3n) is 7.34. The summed E-state index contributed by atoms with van der Waals surface area (Å²) in [4.78, 5) is 39.6. The molecule has 0 saturated heterocycles. The van der Waals surface area contributed by atoms with Gasteiger partial charge in [0.1, 0.15) is 12.6 Å². The topological polar surface area (TPSA) is 130 Å². The van der Waals surface area contributed by atoms with Crippen LogP contribution >= 0.6 is 11.6 Å². The number of sulfonamides is 1. The highest BCUT2D eigenvalue weighted by Crippen LogP contribution is 2.27. The second-order valence-corrected chi connectivity index (χ2v) is 12.4. The lowest BCUT2D eigenvalue weighted by Gasteiger charge is -2.34. The Hall–Kier alpha value is -3.96. The van der Waals surface area contributed by atoms with Gasteiger partial charge in [-0.15, -0.1) is 0 Å². The van der Waals surface area contributed by atoms with Gasteiger partial charge in [0, 0.05) is 29.7 Å². The van der Waals surface area contributed by atoms with Crippen molar-refractivity contribution in [1.82, 2.24) is 10.2 Å². The Kier molecular flexibility index (Phi) is 10.2. The molecule has 1 unspecified atom stereocenters. The molecule has 4 rings (SSSR count). The van der Waals surface area contributed by atoms with Crippen molar-refractivity contribution in [3.63, 3.8) is 0 Å². The van der Waals surface area contributed by atoms with Crippen molar-refractivity contribution >= 4 is 44.8 Å². The molecular formula is C30H33ClN4O6S. The molecule has 12 heteroatoms. The zero-order valence-electron chi connectivity index (χ0n) is 23.2. The van der Waals surface area contributed by atoms with E-state index in [-0.39, 0.29) is 41.2 Å². The Bertz CT molecular complexity index is 1510. The van der Waals surface area contributed by atoms with Crippen LogP contribution in [0.15, 0.2) is 83.8 Å². The first-order valence-electron chi connectivity index (χ1n) is 13.8. The summed E-state index contributed by atoms with van der Waals surface area (Å²) < 4.78 is 28.6. The highest BCUT2D eigenvalue weighted by molar-refractivity contribution is 7.92. The van der Waals surface area contributed by atoms with Crippen LogP contribution < -0.4 is 9.62 Å². The van der Waals surface area contributed by atoms with Crippen LogP contribution in [0.1, 0.15) is 44.6 Å². The number of carbonyl (C=O) groups is 2. The fourth-order valence-electron chi connectivity index (χ4n) is 5.09. The molecular weight excluding hydrogens is 580 g/mol. The molecule has 2 amide bonds. The van der Waals surface area contributed by atoms with Gasteiger partial charge in [-0.3, -0.25) is 24.0 Å². The summed E-state index contributed by atoms with van der Waals surface area (Å²) in [6.07, 6.45) is 4.06. The summed E-state index contributed by atoms with van der Waals surface area (Å²) in [7, 11) is -4.28. The molecule has 1 saturated carbocycles. The molecule has 0 spiro atoms. The largest absolute Gasteiger partial charge is 0.352 e. The molecule has 1 N–H and O–H groups in total. The van der Waals surface area contributed by atoms with Gasteiger partial charge in [0.05, 0.1) is 15.5 Å². The molecule has 3 aromatic rings. The van der Waals surface area contributed by atoms with E-state index in [2.05, 4.69) is 5.32 Å². The predicted octanol–water partition coefficient (Wildman–Crippen LogP) is 5.31. The van der Waals surface area contributed by atoms with Gasteiger partial charge in [-0.25, -0.2) is 8.42 Å². The van der Waals surface area contributed by atoms with Crippen molar-refractivity contribution in [2.75, 3.05) is 10.8 Å². The monoisotopic (exact) mass is 612 g/mol. The third kappa shape index (κ3) is 7.27. The normalized spacial score (nSPS) is 14.2. The Balaban J connectivity index is 1.73. The fourth-order valence-corrected chi connectivity index (χ4v) is 6.72. The van der Waals surface area contributed by atoms with Gasteiger partial charge < -0.3 is 10.2 Å². The SMILES string of the molecule is CCC(C(=O)NC1CCCC1)N(Cc1ccccc1Cl)C(=O)CN(c1ccc([N+](=O)[O-])cc1)S(=O)(=O)c1ccccc1. The first kappa shape index (κ1) is 31.0. The lowest BCUT2D eigenvalue weighted by Crippen LogP contribution is -2.53. The number of hydrogen-bond acceptors (Lipinski definition) is 6. The molecule has 0 heterocycles. The molecule has 0 radical (unpaired) electrons. The molecule has 42 heavy (non-hydrogen) atoms. The van der Waals surface area contributed by atoms with Crippen LogP contribution in [-0.4, -0.2) is 48.7 Å². The molecule has 222 valence electrons. The number of rotatable bonds is 12. The van der Waals surface area contributed by atoms with Gasteiger partial charge >= 0.3 is 0 Å². The van der Waals surface area contributed by atoms with Gasteiger partial charge in [-0.1, -0.05) is 67.8 Å². The Morgan fingerprint density at radius 2 is 1.62 bits per heavy atom. The number of benzene rings is 3. The summed E-state index contributed by atoms with van der Waals surface area (Å²) in [6, 6.07) is 18.6. The van der Waals surface area contributed by atoms with E-state index in [4.69, 9.17) is 11.6 Å². The van der Waals surface area contributed by atoms with E-state index in [1.165, 1.54) is 41.3 Å². The van der Waals surface area contributed by atoms with E-state index in [0.29, 0.717) is 10.6 Å². The Labute approximate surface area is 250 Å². The lowest BCUT2D eigenvalue weighted by atomic mass is 10.1. The Morgan fingerprint density at radius 3 is 2.21 bits per heavy atom. The first-order valence-corrected chi connectivity index (χ1v) is 15.6. The number of nitrogens with zero attached hydrogens (tertiary/aromatic N) is 3. The van der Waals surface area contributed by atoms with E-state index in [9.17, 15) is 28.1 Å². The molecule has 0 aliphatic heterocycles. The van der Waals surface area contributed by atoms with Gasteiger partial charge in [-0.05, 0) is 55.2 Å². The minimum atomic E-state index is -4.28. The molecule has 1 fully saturated rings. The van der Waals surface area contributed by atoms with Crippen molar-refractivity contribution in [2.24, 2.45) is 0 Å². The predicted molar refractivity (Wildman–Crippen MR) is 161 cm³/mol. The summed E-state index contributed by atoms with van der Waals surface area (Å²) in [5, 5.41) is 14.7. The summed E-state index contributed by atoms with van der Waals surface area (Å²) in [5.41, 5.74) is 0.448. The number of halogens is 1. The van der Waals surface area contributed by atoms with Crippen molar-refractivity contribution in [3.8, 4) is 0 Å². The minimum Gasteiger partial charge on any atom is -0.352 e. The van der Waals surface area contributed by atoms with Crippen LogP contribution in [0.5, 0.6) is 0 Å². The molecule has 1 aliphatic rings. The molecule has 10 nitrogen and oxygen atoms in total. The Morgan fingerprint density at radius 1 is 1.00 bits per heavy atom. The van der Waals surface area contributed by atoms with Gasteiger partial charge in [0.25, 0.3) is 15.7 Å². The van der Waals surface area contributed by atoms with Gasteiger partial charge in [0.15, 0.2) is 0 Å². The number of nitro benzene ring substituents is 1. The number of nitro groups is 1. The van der Waals surface area contributed by atoms with Crippen LogP contribution in [-0.2, 0) is 26.2 Å². The van der Waals surface area contributed by atoms with E-state index in [1.54, 1.807) is 49.4 Å². The highest BCUT2D eigenvalue weighted by atomic mass is 35.5. The molecule has 0 bridgehead atoms. The summed E-state index contributed by atoms with van der Waals surface area (Å²) in [5.74, 6) is -0.932. The van der Waals surface area contributed by atoms with Crippen LogP contribution in [0, 0.1) is 10.1 Å². The molecule has 1 atom stereocenters. The maximum absolute atomic E-state index is 14.1. The third-order valence-corrected chi connectivity index (χ3v) is 9.50. The standard InChI is InChI=1S/C30H33ClN4O6S/c1-2-28(30(37)32-23-11-7-8-12-23)33(20-22-10-6-9-15-27(22)31)29(36)21-34(24-16-18-25(19-17-24)35(38)39)42(40,41)26-13-4-3-5-14-26/h3-6,9-10,13-19,23,28H,2,7-8,11-12,20-21H2,1H3,(H,32,37). The highest BCUT2D eigenvalue weighted by Gasteiger charge is 2.35. The summed E-state index contributed by atoms with van der Waals surface area (Å²) in [6.45, 7) is 1.13. The number of anilines is 1. The van der Waals surface area contributed by atoms with Crippen molar-refractivity contribution in [3.05, 3.63) is 99.6 Å². The van der Waals surface area contributed by atoms with E-state index >= 15 is 0 Å². The number of amides is 2. The molecule has 0 aromatic heterocycles. The average molecular weight is 613 g/mol. The number of carbonyl (C=O) groups excluding carboxylic acids is 2. The molecule has 1 aliphatic carbocycles. The maximum atomic E-state index is 14.1. The fraction of sp³-hybridized carbons (Fsp3) is 0.333. The van der Waals surface area contributed by atoms with Gasteiger partial charge in [-0.2, -0.15) is 0 Å². The van der Waals surface area contributed by atoms with E-state index in [0.717, 1.165) is 30.0 Å². The van der Waals surface area contributed by atoms with Crippen LogP contribution in [0.3, 0.4) is 0 Å². The van der Waals surface area contributed by atoms with Crippen molar-refractivity contribution < 1.29 is 22.9 Å². The van der Waals surface area contributed by atoms with E-state index < -0.39 is 33.4 Å². The van der Waals surface area contributed by atoms with Crippen LogP contribution in [0.4, 0.5) is 11.4 Å². The maximum Gasteiger partial charge on any atom is 0.269 e. The smallest absolute Gasteiger partial charge is 0.269 e. The summed E-state index contributed by atoms with van der Waals surface area (Å²) >= 11 is 6.43. The second kappa shape index (κ2) is 13.8. The lowest BCUT2D eigenvalue weighted by molar-refractivity contribution is -0.384. The quantitative estimate of drug-likeness (QED) is 0.218. The zero-order chi connectivity index (χ0) is 30.3. The van der Waals surface area contributed by atoms with E-state index in [1.807, 2.05) is 0 Å². The van der Waals surface area contributed by atoms with Crippen LogP contribution in [0.25, 0.3) is 0 Å². The van der Waals surface area contributed by atoms with Crippen LogP contribution in [0.2, 0.25) is 5.02 Å². The second-order valence-electron chi connectivity index (χ2n) is 10.1. The van der Waals surface area contributed by atoms with Crippen molar-refractivity contribution in [1.29, 1.82) is 0 Å². The molecule has 3 aromatic carbocycles. The number of non-ortho nitro benzene ring substituents is 1. The first-order chi connectivity index (χ1) is 20.1. The number of nitrogens with one attached hydrogen (secondary N) is 1. The number of hydrogen-bond donors (Lipinski definition) is 1. The van der Waals surface area contributed by atoms with Gasteiger partial charge in [0.2, 0.25) is 11.8 Å². The zero-order valence-corrected chi connectivity index (χ0v) is 24.8. The average Bonchev–Trinajstić information content (AvgIpc) is 3.50. The van der Waals surface area contributed by atoms with Crippen molar-refractivity contribution in [2.45, 2.75) is 62.6 Å². The minimum absolute atomic E-state index is 0.0193.